The summed E-state index contributed by atoms with van der Waals surface area (Å²) < 4.78 is 62.6. The van der Waals surface area contributed by atoms with Crippen molar-refractivity contribution in [1.82, 2.24) is 4.72 Å². The van der Waals surface area contributed by atoms with Crippen molar-refractivity contribution in [2.45, 2.75) is 11.8 Å². The molecule has 1 rings (SSSR count). The Hall–Kier alpha value is -1.10. The van der Waals surface area contributed by atoms with Crippen molar-refractivity contribution in [3.63, 3.8) is 0 Å². The predicted octanol–water partition coefficient (Wildman–Crippen LogP) is 0.173. The zero-order valence-electron chi connectivity index (χ0n) is 11.2. The molecule has 0 fully saturated rings. The van der Waals surface area contributed by atoms with Crippen molar-refractivity contribution in [2.75, 3.05) is 18.1 Å². The molecule has 1 aromatic carbocycles. The first-order valence-electron chi connectivity index (χ1n) is 5.89. The van der Waals surface area contributed by atoms with Gasteiger partial charge in [0, 0.05) is 12.3 Å². The number of rotatable bonds is 7. The van der Waals surface area contributed by atoms with Gasteiger partial charge in [-0.15, -0.1) is 0 Å². The first-order chi connectivity index (χ1) is 9.60. The van der Waals surface area contributed by atoms with Crippen LogP contribution in [0.2, 0.25) is 0 Å². The average molecular weight is 354 g/mol. The Morgan fingerprint density at radius 2 is 1.95 bits per heavy atom. The van der Waals surface area contributed by atoms with Gasteiger partial charge in [0.25, 0.3) is 0 Å². The van der Waals surface area contributed by atoms with Crippen molar-refractivity contribution in [3.05, 3.63) is 29.6 Å². The van der Waals surface area contributed by atoms with Gasteiger partial charge in [-0.05, 0) is 12.1 Å². The third-order valence-corrected chi connectivity index (χ3v) is 6.07. The molecule has 0 bridgehead atoms. The number of halogens is 1. The molecule has 0 atom stereocenters. The number of hydrogen-bond donors (Lipinski definition) is 2. The molecule has 0 aromatic heterocycles. The van der Waals surface area contributed by atoms with Crippen LogP contribution in [0.1, 0.15) is 12.5 Å². The molecule has 0 unspecified atom stereocenters. The zero-order valence-corrected chi connectivity index (χ0v) is 13.6. The normalized spacial score (nSPS) is 12.3. The maximum absolute atomic E-state index is 13.6. The highest BCUT2D eigenvalue weighted by molar-refractivity contribution is 7.91. The van der Waals surface area contributed by atoms with Gasteiger partial charge in [0.15, 0.2) is 9.84 Å². The smallest absolute Gasteiger partial charge is 0.241 e. The Kier molecular flexibility index (Phi) is 5.79. The number of hydrogen-bond acceptors (Lipinski definition) is 5. The SMILES string of the molecule is CCS(=O)(=O)CCNS(=O)(=O)c1cccc(F)c1C(N)=S. The number of nitrogens with one attached hydrogen (secondary N) is 1. The third kappa shape index (κ3) is 4.70. The van der Waals surface area contributed by atoms with Crippen LogP contribution in [-0.2, 0) is 19.9 Å². The molecule has 0 aliphatic heterocycles. The summed E-state index contributed by atoms with van der Waals surface area (Å²) in [5, 5.41) is 0. The predicted molar refractivity (Wildman–Crippen MR) is 81.8 cm³/mol. The lowest BCUT2D eigenvalue weighted by molar-refractivity contribution is 0.577. The van der Waals surface area contributed by atoms with Crippen LogP contribution in [0.5, 0.6) is 0 Å². The van der Waals surface area contributed by atoms with E-state index >= 15 is 0 Å². The lowest BCUT2D eigenvalue weighted by Gasteiger charge is -2.11. The topological polar surface area (TPSA) is 106 Å². The van der Waals surface area contributed by atoms with Crippen molar-refractivity contribution >= 4 is 37.1 Å². The zero-order chi connectivity index (χ0) is 16.3. The van der Waals surface area contributed by atoms with E-state index in [4.69, 9.17) is 5.73 Å². The molecule has 0 saturated carbocycles. The quantitative estimate of drug-likeness (QED) is 0.676. The second-order valence-corrected chi connectivity index (χ2v) is 8.76. The molecular weight excluding hydrogens is 339 g/mol. The molecule has 0 amide bonds. The standard InChI is InChI=1S/C11H15FN2O4S3/c1-2-20(15,16)7-6-14-21(17,18)9-5-3-4-8(12)10(9)11(13)19/h3-5,14H,2,6-7H2,1H3,(H2,13,19). The lowest BCUT2D eigenvalue weighted by atomic mass is 10.2. The van der Waals surface area contributed by atoms with Gasteiger partial charge < -0.3 is 5.73 Å². The Labute approximate surface area is 128 Å². The molecule has 0 saturated heterocycles. The summed E-state index contributed by atoms with van der Waals surface area (Å²) in [5.74, 6) is -1.29. The van der Waals surface area contributed by atoms with E-state index in [1.807, 2.05) is 0 Å². The minimum Gasteiger partial charge on any atom is -0.389 e. The monoisotopic (exact) mass is 354 g/mol. The summed E-state index contributed by atoms with van der Waals surface area (Å²) in [5.41, 5.74) is 4.94. The fourth-order valence-corrected chi connectivity index (χ4v) is 3.88. The summed E-state index contributed by atoms with van der Waals surface area (Å²) >= 11 is 4.65. The Bertz CT molecular complexity index is 745. The molecule has 6 nitrogen and oxygen atoms in total. The van der Waals surface area contributed by atoms with E-state index in [9.17, 15) is 21.2 Å². The molecule has 0 aliphatic rings. The van der Waals surface area contributed by atoms with Crippen LogP contribution in [0.4, 0.5) is 4.39 Å². The van der Waals surface area contributed by atoms with Crippen LogP contribution >= 0.6 is 12.2 Å². The first kappa shape index (κ1) is 18.0. The summed E-state index contributed by atoms with van der Waals surface area (Å²) in [7, 11) is -7.42. The molecule has 10 heteroatoms. The van der Waals surface area contributed by atoms with Crippen LogP contribution in [0, 0.1) is 5.82 Å². The molecule has 0 spiro atoms. The van der Waals surface area contributed by atoms with Gasteiger partial charge in [0.05, 0.1) is 16.2 Å². The van der Waals surface area contributed by atoms with E-state index in [1.54, 1.807) is 0 Å². The first-order valence-corrected chi connectivity index (χ1v) is 9.60. The van der Waals surface area contributed by atoms with Crippen molar-refractivity contribution < 1.29 is 21.2 Å². The van der Waals surface area contributed by atoms with Crippen molar-refractivity contribution in [3.8, 4) is 0 Å². The average Bonchev–Trinajstić information content (AvgIpc) is 2.37. The highest BCUT2D eigenvalue weighted by Gasteiger charge is 2.23. The second kappa shape index (κ2) is 6.77. The van der Waals surface area contributed by atoms with E-state index in [-0.39, 0.29) is 18.1 Å². The molecular formula is C11H15FN2O4S3. The summed E-state index contributed by atoms with van der Waals surface area (Å²) in [6.45, 7) is 1.15. The molecule has 0 aliphatic carbocycles. The van der Waals surface area contributed by atoms with Crippen LogP contribution < -0.4 is 10.5 Å². The fourth-order valence-electron chi connectivity index (χ4n) is 1.52. The number of nitrogens with two attached hydrogens (primary N) is 1. The van der Waals surface area contributed by atoms with Gasteiger partial charge in [-0.25, -0.2) is 25.9 Å². The lowest BCUT2D eigenvalue weighted by Crippen LogP contribution is -2.31. The summed E-state index contributed by atoms with van der Waals surface area (Å²) in [4.78, 5) is -0.807. The van der Waals surface area contributed by atoms with Crippen molar-refractivity contribution in [2.24, 2.45) is 5.73 Å². The molecule has 1 aromatic rings. The summed E-state index contributed by atoms with van der Waals surface area (Å²) in [6.07, 6.45) is 0. The highest BCUT2D eigenvalue weighted by Crippen LogP contribution is 2.18. The van der Waals surface area contributed by atoms with E-state index in [0.717, 1.165) is 12.1 Å². The van der Waals surface area contributed by atoms with Crippen LogP contribution in [0.3, 0.4) is 0 Å². The van der Waals surface area contributed by atoms with Gasteiger partial charge >= 0.3 is 0 Å². The van der Waals surface area contributed by atoms with Crippen LogP contribution in [0.25, 0.3) is 0 Å². The van der Waals surface area contributed by atoms with E-state index in [2.05, 4.69) is 16.9 Å². The van der Waals surface area contributed by atoms with Crippen molar-refractivity contribution in [1.29, 1.82) is 0 Å². The Balaban J connectivity index is 3.05. The van der Waals surface area contributed by atoms with Gasteiger partial charge in [-0.2, -0.15) is 0 Å². The van der Waals surface area contributed by atoms with Crippen LogP contribution in [-0.4, -0.2) is 39.9 Å². The molecule has 118 valence electrons. The molecule has 0 heterocycles. The van der Waals surface area contributed by atoms with Gasteiger partial charge in [0.2, 0.25) is 10.0 Å². The van der Waals surface area contributed by atoms with E-state index in [1.165, 1.54) is 13.0 Å². The fraction of sp³-hybridized carbons (Fsp3) is 0.364. The number of thiocarbonyl (C=S) groups is 1. The minimum absolute atomic E-state index is 0.0904. The maximum Gasteiger partial charge on any atom is 0.241 e. The maximum atomic E-state index is 13.6. The molecule has 3 N–H and O–H groups in total. The number of benzene rings is 1. The molecule has 21 heavy (non-hydrogen) atoms. The van der Waals surface area contributed by atoms with E-state index < -0.39 is 41.1 Å². The highest BCUT2D eigenvalue weighted by atomic mass is 32.2. The van der Waals surface area contributed by atoms with Gasteiger partial charge in [0.1, 0.15) is 10.8 Å². The van der Waals surface area contributed by atoms with E-state index in [0.29, 0.717) is 0 Å². The number of sulfonamides is 1. The largest absolute Gasteiger partial charge is 0.389 e. The minimum atomic E-state index is -4.11. The number of sulfone groups is 1. The molecule has 0 radical (unpaired) electrons. The van der Waals surface area contributed by atoms with Crippen LogP contribution in [0.15, 0.2) is 23.1 Å². The third-order valence-electron chi connectivity index (χ3n) is 2.66. The van der Waals surface area contributed by atoms with Gasteiger partial charge in [-0.1, -0.05) is 25.2 Å². The summed E-state index contributed by atoms with van der Waals surface area (Å²) in [6, 6.07) is 3.39. The Morgan fingerprint density at radius 1 is 1.33 bits per heavy atom. The second-order valence-electron chi connectivity index (χ2n) is 4.11. The Morgan fingerprint density at radius 3 is 2.48 bits per heavy atom. The van der Waals surface area contributed by atoms with Gasteiger partial charge in [-0.3, -0.25) is 0 Å².